The molecule has 2 rings (SSSR count). The largest absolute Gasteiger partial charge is 0.468 e. The van der Waals surface area contributed by atoms with Gasteiger partial charge in [0.2, 0.25) is 0 Å². The van der Waals surface area contributed by atoms with Gasteiger partial charge in [-0.3, -0.25) is 0 Å². The number of thiophene rings is 1. The van der Waals surface area contributed by atoms with Crippen LogP contribution in [0.3, 0.4) is 0 Å². The van der Waals surface area contributed by atoms with E-state index >= 15 is 0 Å². The van der Waals surface area contributed by atoms with Crippen LogP contribution in [-0.2, 0) is 16.0 Å². The number of nitrogens with one attached hydrogen (secondary N) is 1. The number of rotatable bonds is 6. The molecule has 0 fully saturated rings. The van der Waals surface area contributed by atoms with E-state index in [1.165, 1.54) is 12.7 Å². The lowest BCUT2D eigenvalue weighted by atomic mass is 10.1. The summed E-state index contributed by atoms with van der Waals surface area (Å²) in [6.07, 6.45) is 0.863. The van der Waals surface area contributed by atoms with Crippen molar-refractivity contribution in [2.75, 3.05) is 13.7 Å². The van der Waals surface area contributed by atoms with Gasteiger partial charge in [-0.05, 0) is 40.4 Å². The molecule has 20 heavy (non-hydrogen) atoms. The summed E-state index contributed by atoms with van der Waals surface area (Å²) in [6.45, 7) is 0.682. The smallest absolute Gasteiger partial charge is 0.327 e. The monoisotopic (exact) mass is 309 g/mol. The van der Waals surface area contributed by atoms with Gasteiger partial charge in [0, 0.05) is 11.6 Å². The van der Waals surface area contributed by atoms with Crippen molar-refractivity contribution in [3.05, 3.63) is 57.2 Å². The van der Waals surface area contributed by atoms with Crippen LogP contribution < -0.4 is 5.32 Å². The molecule has 0 bridgehead atoms. The van der Waals surface area contributed by atoms with E-state index in [2.05, 4.69) is 16.8 Å². The number of esters is 1. The maximum atomic E-state index is 11.9. The highest BCUT2D eigenvalue weighted by Crippen LogP contribution is 2.23. The van der Waals surface area contributed by atoms with Gasteiger partial charge in [0.25, 0.3) is 0 Å². The maximum absolute atomic E-state index is 11.9. The Labute approximate surface area is 127 Å². The van der Waals surface area contributed by atoms with E-state index in [1.807, 2.05) is 23.6 Å². The maximum Gasteiger partial charge on any atom is 0.327 e. The highest BCUT2D eigenvalue weighted by atomic mass is 35.5. The highest BCUT2D eigenvalue weighted by Gasteiger charge is 2.22. The highest BCUT2D eigenvalue weighted by molar-refractivity contribution is 7.07. The van der Waals surface area contributed by atoms with Gasteiger partial charge in [0.1, 0.15) is 6.04 Å². The van der Waals surface area contributed by atoms with Gasteiger partial charge in [-0.2, -0.15) is 11.3 Å². The molecule has 2 aromatic rings. The van der Waals surface area contributed by atoms with E-state index in [-0.39, 0.29) is 5.97 Å². The van der Waals surface area contributed by atoms with E-state index in [0.717, 1.165) is 12.0 Å². The third kappa shape index (κ3) is 3.82. The second-order valence-electron chi connectivity index (χ2n) is 4.31. The second kappa shape index (κ2) is 7.43. The Morgan fingerprint density at radius 3 is 2.85 bits per heavy atom. The predicted octanol–water partition coefficient (Wildman–Crippen LogP) is 3.45. The predicted molar refractivity (Wildman–Crippen MR) is 82.2 cm³/mol. The molecule has 0 radical (unpaired) electrons. The first-order valence-electron chi connectivity index (χ1n) is 6.29. The second-order valence-corrected chi connectivity index (χ2v) is 5.50. The average Bonchev–Trinajstić information content (AvgIpc) is 2.97. The summed E-state index contributed by atoms with van der Waals surface area (Å²) in [5.41, 5.74) is 2.00. The Kier molecular flexibility index (Phi) is 5.59. The summed E-state index contributed by atoms with van der Waals surface area (Å²) >= 11 is 7.82. The Hall–Kier alpha value is -1.36. The quantitative estimate of drug-likeness (QED) is 0.831. The fourth-order valence-electron chi connectivity index (χ4n) is 1.94. The molecule has 1 heterocycles. The van der Waals surface area contributed by atoms with Gasteiger partial charge in [0.15, 0.2) is 0 Å². The average molecular weight is 310 g/mol. The minimum Gasteiger partial charge on any atom is -0.468 e. The van der Waals surface area contributed by atoms with Crippen molar-refractivity contribution in [3.8, 4) is 0 Å². The van der Waals surface area contributed by atoms with Crippen LogP contribution in [0.1, 0.15) is 17.2 Å². The molecule has 1 aromatic heterocycles. The molecule has 0 saturated carbocycles. The summed E-state index contributed by atoms with van der Waals surface area (Å²) < 4.78 is 4.85. The van der Waals surface area contributed by atoms with Crippen molar-refractivity contribution in [2.45, 2.75) is 12.5 Å². The first-order valence-corrected chi connectivity index (χ1v) is 7.61. The van der Waals surface area contributed by atoms with Crippen LogP contribution in [-0.4, -0.2) is 19.6 Å². The first kappa shape index (κ1) is 15.0. The van der Waals surface area contributed by atoms with Gasteiger partial charge >= 0.3 is 5.97 Å². The third-order valence-electron chi connectivity index (χ3n) is 3.00. The zero-order valence-corrected chi connectivity index (χ0v) is 12.7. The number of ether oxygens (including phenoxy) is 1. The van der Waals surface area contributed by atoms with Crippen molar-refractivity contribution in [1.82, 2.24) is 5.32 Å². The van der Waals surface area contributed by atoms with E-state index < -0.39 is 6.04 Å². The molecule has 106 valence electrons. The van der Waals surface area contributed by atoms with Crippen molar-refractivity contribution in [1.29, 1.82) is 0 Å². The zero-order valence-electron chi connectivity index (χ0n) is 11.1. The van der Waals surface area contributed by atoms with E-state index in [9.17, 15) is 4.79 Å². The fourth-order valence-corrected chi connectivity index (χ4v) is 2.89. The number of carbonyl (C=O) groups is 1. The summed E-state index contributed by atoms with van der Waals surface area (Å²) in [5.74, 6) is -0.330. The topological polar surface area (TPSA) is 38.3 Å². The van der Waals surface area contributed by atoms with Crippen molar-refractivity contribution >= 4 is 28.9 Å². The lowest BCUT2D eigenvalue weighted by molar-refractivity contribution is -0.143. The normalized spacial score (nSPS) is 12.1. The fraction of sp³-hybridized carbons (Fsp3) is 0.267. The Morgan fingerprint density at radius 1 is 1.40 bits per heavy atom. The molecule has 0 aliphatic carbocycles. The summed E-state index contributed by atoms with van der Waals surface area (Å²) in [5, 5.41) is 7.92. The minimum atomic E-state index is -0.535. The standard InChI is InChI=1S/C15H16ClNO2S/c1-19-15(18)14(12-4-2-3-5-13(12)16)17-8-6-11-7-9-20-10-11/h2-5,7,9-10,14,17H,6,8H2,1H3/t14-/m0/s1. The van der Waals surface area contributed by atoms with Crippen LogP contribution in [0.5, 0.6) is 0 Å². The molecule has 0 aliphatic heterocycles. The SMILES string of the molecule is COC(=O)[C@@H](NCCc1ccsc1)c1ccccc1Cl. The lowest BCUT2D eigenvalue weighted by Crippen LogP contribution is -2.31. The van der Waals surface area contributed by atoms with E-state index in [1.54, 1.807) is 17.4 Å². The number of methoxy groups -OCH3 is 1. The van der Waals surface area contributed by atoms with Crippen LogP contribution in [0.25, 0.3) is 0 Å². The molecule has 1 N–H and O–H groups in total. The molecule has 0 unspecified atom stereocenters. The van der Waals surface area contributed by atoms with Gasteiger partial charge in [-0.1, -0.05) is 29.8 Å². The molecule has 1 aromatic carbocycles. The van der Waals surface area contributed by atoms with Crippen molar-refractivity contribution in [2.24, 2.45) is 0 Å². The van der Waals surface area contributed by atoms with Crippen LogP contribution in [0, 0.1) is 0 Å². The van der Waals surface area contributed by atoms with Crippen LogP contribution in [0.2, 0.25) is 5.02 Å². The van der Waals surface area contributed by atoms with Gasteiger partial charge in [0.05, 0.1) is 7.11 Å². The van der Waals surface area contributed by atoms with Crippen molar-refractivity contribution in [3.63, 3.8) is 0 Å². The molecule has 0 saturated heterocycles. The summed E-state index contributed by atoms with van der Waals surface area (Å²) in [7, 11) is 1.38. The number of hydrogen-bond donors (Lipinski definition) is 1. The molecule has 3 nitrogen and oxygen atoms in total. The molecule has 1 atom stereocenters. The van der Waals surface area contributed by atoms with E-state index in [0.29, 0.717) is 11.6 Å². The summed E-state index contributed by atoms with van der Waals surface area (Å²) in [4.78, 5) is 11.9. The lowest BCUT2D eigenvalue weighted by Gasteiger charge is -2.17. The summed E-state index contributed by atoms with van der Waals surface area (Å²) in [6, 6.07) is 8.85. The van der Waals surface area contributed by atoms with Crippen LogP contribution >= 0.6 is 22.9 Å². The first-order chi connectivity index (χ1) is 9.72. The molecule has 5 heteroatoms. The minimum absolute atomic E-state index is 0.330. The van der Waals surface area contributed by atoms with Gasteiger partial charge in [-0.15, -0.1) is 0 Å². The van der Waals surface area contributed by atoms with Gasteiger partial charge < -0.3 is 10.1 Å². The van der Waals surface area contributed by atoms with Crippen LogP contribution in [0.4, 0.5) is 0 Å². The van der Waals surface area contributed by atoms with Gasteiger partial charge in [-0.25, -0.2) is 4.79 Å². The third-order valence-corrected chi connectivity index (χ3v) is 4.07. The Bertz CT molecular complexity index is 557. The number of benzene rings is 1. The Morgan fingerprint density at radius 2 is 2.20 bits per heavy atom. The Balaban J connectivity index is 2.04. The molecular formula is C15H16ClNO2S. The zero-order chi connectivity index (χ0) is 14.4. The molecule has 0 spiro atoms. The number of hydrogen-bond acceptors (Lipinski definition) is 4. The molecular weight excluding hydrogens is 294 g/mol. The number of carbonyl (C=O) groups excluding carboxylic acids is 1. The van der Waals surface area contributed by atoms with Crippen LogP contribution in [0.15, 0.2) is 41.1 Å². The number of halogens is 1. The molecule has 0 amide bonds. The van der Waals surface area contributed by atoms with Crippen molar-refractivity contribution < 1.29 is 9.53 Å². The molecule has 0 aliphatic rings. The van der Waals surface area contributed by atoms with E-state index in [4.69, 9.17) is 16.3 Å².